The second-order valence-corrected chi connectivity index (χ2v) is 4.01. The highest BCUT2D eigenvalue weighted by molar-refractivity contribution is 5.75. The van der Waals surface area contributed by atoms with Gasteiger partial charge in [-0.25, -0.2) is 15.0 Å². The van der Waals surface area contributed by atoms with Gasteiger partial charge in [0.15, 0.2) is 5.82 Å². The predicted molar refractivity (Wildman–Crippen MR) is 51.6 cm³/mol. The van der Waals surface area contributed by atoms with E-state index in [-0.39, 0.29) is 5.54 Å². The number of hydrogen-bond acceptors (Lipinski definition) is 5. The van der Waals surface area contributed by atoms with Crippen LogP contribution >= 0.6 is 0 Å². The molecule has 0 aromatic rings. The van der Waals surface area contributed by atoms with E-state index in [9.17, 15) is 0 Å². The Morgan fingerprint density at radius 1 is 1.38 bits per heavy atom. The predicted octanol–water partition coefficient (Wildman–Crippen LogP) is 0.691. The summed E-state index contributed by atoms with van der Waals surface area (Å²) in [6.45, 7) is 6.36. The van der Waals surface area contributed by atoms with E-state index < -0.39 is 0 Å². The molecule has 5 heteroatoms. The first-order valence-electron chi connectivity index (χ1n) is 4.20. The Kier molecular flexibility index (Phi) is 1.63. The van der Waals surface area contributed by atoms with Gasteiger partial charge in [-0.1, -0.05) is 0 Å². The van der Waals surface area contributed by atoms with Gasteiger partial charge >= 0.3 is 0 Å². The molecule has 2 heterocycles. The van der Waals surface area contributed by atoms with E-state index in [4.69, 9.17) is 0 Å². The molecular formula is C8H13N5. The zero-order chi connectivity index (χ0) is 9.47. The van der Waals surface area contributed by atoms with Crippen molar-refractivity contribution in [1.29, 1.82) is 0 Å². The average molecular weight is 179 g/mol. The van der Waals surface area contributed by atoms with E-state index in [0.29, 0.717) is 0 Å². The zero-order valence-corrected chi connectivity index (χ0v) is 8.02. The Morgan fingerprint density at radius 2 is 2.15 bits per heavy atom. The van der Waals surface area contributed by atoms with Gasteiger partial charge in [0.05, 0.1) is 6.20 Å². The monoisotopic (exact) mass is 179 g/mol. The van der Waals surface area contributed by atoms with Gasteiger partial charge in [0.2, 0.25) is 0 Å². The summed E-state index contributed by atoms with van der Waals surface area (Å²) in [4.78, 5) is 8.03. The van der Waals surface area contributed by atoms with Gasteiger partial charge < -0.3 is 0 Å². The van der Waals surface area contributed by atoms with Crippen LogP contribution in [-0.2, 0) is 0 Å². The van der Waals surface area contributed by atoms with E-state index in [1.165, 1.54) is 6.34 Å². The molecule has 2 aliphatic heterocycles. The molecule has 0 aromatic carbocycles. The van der Waals surface area contributed by atoms with Crippen LogP contribution in [0.25, 0.3) is 0 Å². The number of fused-ring (bicyclic) bond motifs is 1. The van der Waals surface area contributed by atoms with Crippen molar-refractivity contribution in [3.63, 3.8) is 0 Å². The minimum absolute atomic E-state index is 0.0354. The maximum Gasteiger partial charge on any atom is 0.169 e. The van der Waals surface area contributed by atoms with Crippen LogP contribution in [0.2, 0.25) is 0 Å². The third-order valence-corrected chi connectivity index (χ3v) is 1.87. The van der Waals surface area contributed by atoms with Gasteiger partial charge in [-0.2, -0.15) is 0 Å². The first-order chi connectivity index (χ1) is 6.07. The second kappa shape index (κ2) is 2.56. The van der Waals surface area contributed by atoms with Gasteiger partial charge in [0.1, 0.15) is 12.7 Å². The van der Waals surface area contributed by atoms with E-state index in [2.05, 4.69) is 36.3 Å². The molecule has 1 N–H and O–H groups in total. The molecule has 0 amide bonds. The highest BCUT2D eigenvalue weighted by Crippen LogP contribution is 2.20. The lowest BCUT2D eigenvalue weighted by atomic mass is 10.1. The molecule has 0 aromatic heterocycles. The molecule has 13 heavy (non-hydrogen) atoms. The van der Waals surface area contributed by atoms with Crippen LogP contribution in [0, 0.1) is 0 Å². The van der Waals surface area contributed by atoms with Crippen molar-refractivity contribution in [2.24, 2.45) is 9.98 Å². The number of aliphatic imine (C=N–C) groups is 2. The zero-order valence-electron chi connectivity index (χ0n) is 8.02. The Hall–Kier alpha value is -1.36. The normalized spacial score (nSPS) is 20.7. The molecule has 0 saturated heterocycles. The van der Waals surface area contributed by atoms with E-state index in [1.54, 1.807) is 11.3 Å². The third-order valence-electron chi connectivity index (χ3n) is 1.87. The van der Waals surface area contributed by atoms with Crippen LogP contribution < -0.4 is 5.53 Å². The molecule has 0 radical (unpaired) electrons. The van der Waals surface area contributed by atoms with Gasteiger partial charge in [-0.15, -0.1) is 5.53 Å². The fraction of sp³-hybridized carbons (Fsp3) is 0.500. The number of rotatable bonds is 0. The quantitative estimate of drug-likeness (QED) is 0.595. The molecule has 0 fully saturated rings. The van der Waals surface area contributed by atoms with Crippen LogP contribution in [0.5, 0.6) is 0 Å². The van der Waals surface area contributed by atoms with E-state index in [1.807, 2.05) is 11.2 Å². The average Bonchev–Trinajstić information content (AvgIpc) is 2.45. The topological polar surface area (TPSA) is 43.2 Å². The van der Waals surface area contributed by atoms with Crippen molar-refractivity contribution in [3.05, 3.63) is 12.0 Å². The molecule has 2 rings (SSSR count). The van der Waals surface area contributed by atoms with Crippen molar-refractivity contribution in [1.82, 2.24) is 15.6 Å². The minimum atomic E-state index is 0.0354. The summed E-state index contributed by atoms with van der Waals surface area (Å²) in [5.41, 5.74) is 3.18. The van der Waals surface area contributed by atoms with Crippen LogP contribution in [0.3, 0.4) is 0 Å². The SMILES string of the molecule is CC(C)(C)N1C=C2N=CN=CN2N1. The number of hydrazine groups is 2. The molecule has 70 valence electrons. The largest absolute Gasteiger partial charge is 0.289 e. The lowest BCUT2D eigenvalue weighted by molar-refractivity contribution is 0.0946. The Morgan fingerprint density at radius 3 is 2.77 bits per heavy atom. The van der Waals surface area contributed by atoms with Crippen molar-refractivity contribution in [2.75, 3.05) is 0 Å². The summed E-state index contributed by atoms with van der Waals surface area (Å²) in [6, 6.07) is 0. The number of nitrogens with one attached hydrogen (secondary N) is 1. The molecule has 0 unspecified atom stereocenters. The van der Waals surface area contributed by atoms with Crippen molar-refractivity contribution in [3.8, 4) is 0 Å². The molecule has 5 nitrogen and oxygen atoms in total. The highest BCUT2D eigenvalue weighted by Gasteiger charge is 2.27. The Bertz CT molecular complexity index is 296. The highest BCUT2D eigenvalue weighted by atomic mass is 15.8. The maximum atomic E-state index is 4.12. The maximum absolute atomic E-state index is 4.12. The van der Waals surface area contributed by atoms with Gasteiger partial charge in [0, 0.05) is 5.54 Å². The lowest BCUT2D eigenvalue weighted by Crippen LogP contribution is -2.48. The van der Waals surface area contributed by atoms with Crippen LogP contribution in [0.4, 0.5) is 0 Å². The Balaban J connectivity index is 2.21. The summed E-state index contributed by atoms with van der Waals surface area (Å²) < 4.78 is 0. The number of hydrogen-bond donors (Lipinski definition) is 1. The summed E-state index contributed by atoms with van der Waals surface area (Å²) in [5.74, 6) is 0.866. The van der Waals surface area contributed by atoms with Crippen molar-refractivity contribution in [2.45, 2.75) is 26.3 Å². The van der Waals surface area contributed by atoms with Gasteiger partial charge in [-0.05, 0) is 20.8 Å². The van der Waals surface area contributed by atoms with Crippen molar-refractivity contribution < 1.29 is 0 Å². The van der Waals surface area contributed by atoms with Crippen LogP contribution in [-0.4, -0.2) is 28.2 Å². The summed E-state index contributed by atoms with van der Waals surface area (Å²) in [7, 11) is 0. The first-order valence-corrected chi connectivity index (χ1v) is 4.20. The smallest absolute Gasteiger partial charge is 0.169 e. The lowest BCUT2D eigenvalue weighted by Gasteiger charge is -2.32. The fourth-order valence-electron chi connectivity index (χ4n) is 1.09. The Labute approximate surface area is 77.4 Å². The molecule has 0 bridgehead atoms. The molecule has 0 spiro atoms. The van der Waals surface area contributed by atoms with E-state index >= 15 is 0 Å². The van der Waals surface area contributed by atoms with Crippen molar-refractivity contribution >= 4 is 12.7 Å². The fourth-order valence-corrected chi connectivity index (χ4v) is 1.09. The standard InChI is InChI=1S/C8H13N5/c1-8(2,3)13-4-7-10-5-9-6-12(7)11-13/h4-6,11H,1-3H3. The number of nitrogens with zero attached hydrogens (tertiary/aromatic N) is 4. The second-order valence-electron chi connectivity index (χ2n) is 4.01. The first kappa shape index (κ1) is 8.25. The summed E-state index contributed by atoms with van der Waals surface area (Å²) >= 11 is 0. The van der Waals surface area contributed by atoms with Crippen LogP contribution in [0.1, 0.15) is 20.8 Å². The summed E-state index contributed by atoms with van der Waals surface area (Å²) in [6.07, 6.45) is 5.20. The molecule has 0 saturated carbocycles. The molecule has 0 atom stereocenters. The van der Waals surface area contributed by atoms with Gasteiger partial charge in [-0.3, -0.25) is 5.01 Å². The summed E-state index contributed by atoms with van der Waals surface area (Å²) in [5, 5.41) is 3.78. The minimum Gasteiger partial charge on any atom is -0.289 e. The van der Waals surface area contributed by atoms with Crippen LogP contribution in [0.15, 0.2) is 22.0 Å². The molecular weight excluding hydrogens is 166 g/mol. The molecule has 0 aliphatic carbocycles. The van der Waals surface area contributed by atoms with Gasteiger partial charge in [0.25, 0.3) is 0 Å². The van der Waals surface area contributed by atoms with E-state index in [0.717, 1.165) is 5.82 Å². The molecule has 2 aliphatic rings. The third kappa shape index (κ3) is 1.42.